The first-order valence-electron chi connectivity index (χ1n) is 5.11. The summed E-state index contributed by atoms with van der Waals surface area (Å²) in [5.41, 5.74) is 5.66. The molecule has 13 heavy (non-hydrogen) atoms. The predicted octanol–water partition coefficient (Wildman–Crippen LogP) is 1.64. The van der Waals surface area contributed by atoms with Gasteiger partial charge in [0, 0.05) is 19.0 Å². The first-order chi connectivity index (χ1) is 6.09. The van der Waals surface area contributed by atoms with Crippen LogP contribution in [-0.4, -0.2) is 29.5 Å². The van der Waals surface area contributed by atoms with Gasteiger partial charge in [0.2, 0.25) is 0 Å². The lowest BCUT2D eigenvalue weighted by Gasteiger charge is -2.33. The molecule has 1 heterocycles. The van der Waals surface area contributed by atoms with Crippen molar-refractivity contribution in [2.24, 2.45) is 17.6 Å². The largest absolute Gasteiger partial charge is 0.393 e. The standard InChI is InChI=1S/C10H20N2S/c1-8(2)6-12-5-3-4-9(7-12)10(11)13/h8-9H,3-7H2,1-2H3,(H2,11,13). The van der Waals surface area contributed by atoms with Crippen LogP contribution in [0.25, 0.3) is 0 Å². The molecule has 1 aliphatic heterocycles. The Morgan fingerprint density at radius 3 is 2.85 bits per heavy atom. The van der Waals surface area contributed by atoms with Gasteiger partial charge in [-0.25, -0.2) is 0 Å². The summed E-state index contributed by atoms with van der Waals surface area (Å²) in [6, 6.07) is 0. The van der Waals surface area contributed by atoms with Gasteiger partial charge >= 0.3 is 0 Å². The van der Waals surface area contributed by atoms with Crippen molar-refractivity contribution in [3.05, 3.63) is 0 Å². The van der Waals surface area contributed by atoms with Crippen LogP contribution < -0.4 is 5.73 Å². The number of rotatable bonds is 3. The van der Waals surface area contributed by atoms with E-state index in [1.54, 1.807) is 0 Å². The fraction of sp³-hybridized carbons (Fsp3) is 0.900. The van der Waals surface area contributed by atoms with Crippen LogP contribution in [0.15, 0.2) is 0 Å². The van der Waals surface area contributed by atoms with E-state index in [1.807, 2.05) is 0 Å². The molecule has 76 valence electrons. The number of hydrogen-bond donors (Lipinski definition) is 1. The Kier molecular flexibility index (Phi) is 4.13. The van der Waals surface area contributed by atoms with Gasteiger partial charge in [0.1, 0.15) is 0 Å². The van der Waals surface area contributed by atoms with Gasteiger partial charge in [-0.1, -0.05) is 26.1 Å². The fourth-order valence-corrected chi connectivity index (χ4v) is 2.16. The number of nitrogens with two attached hydrogens (primary N) is 1. The molecule has 0 aromatic carbocycles. The molecule has 0 saturated carbocycles. The summed E-state index contributed by atoms with van der Waals surface area (Å²) < 4.78 is 0. The van der Waals surface area contributed by atoms with Crippen LogP contribution in [0.3, 0.4) is 0 Å². The molecule has 1 rings (SSSR count). The number of hydrogen-bond acceptors (Lipinski definition) is 2. The van der Waals surface area contributed by atoms with E-state index in [0.29, 0.717) is 10.9 Å². The zero-order valence-corrected chi connectivity index (χ0v) is 9.44. The lowest BCUT2D eigenvalue weighted by molar-refractivity contribution is 0.185. The number of piperidine rings is 1. The molecule has 0 bridgehead atoms. The van der Waals surface area contributed by atoms with Crippen molar-refractivity contribution in [2.75, 3.05) is 19.6 Å². The van der Waals surface area contributed by atoms with E-state index in [4.69, 9.17) is 18.0 Å². The molecular weight excluding hydrogens is 180 g/mol. The quantitative estimate of drug-likeness (QED) is 0.702. The van der Waals surface area contributed by atoms with E-state index >= 15 is 0 Å². The molecule has 0 radical (unpaired) electrons. The average Bonchev–Trinajstić information content (AvgIpc) is 2.03. The smallest absolute Gasteiger partial charge is 0.0771 e. The van der Waals surface area contributed by atoms with Crippen LogP contribution in [0.4, 0.5) is 0 Å². The molecule has 2 N–H and O–H groups in total. The molecule has 2 nitrogen and oxygen atoms in total. The van der Waals surface area contributed by atoms with Crippen molar-refractivity contribution in [3.8, 4) is 0 Å². The summed E-state index contributed by atoms with van der Waals surface area (Å²) in [6.07, 6.45) is 2.43. The zero-order chi connectivity index (χ0) is 9.84. The average molecular weight is 200 g/mol. The molecule has 0 aromatic heterocycles. The Bertz CT molecular complexity index is 180. The predicted molar refractivity (Wildman–Crippen MR) is 60.8 cm³/mol. The van der Waals surface area contributed by atoms with Gasteiger partial charge < -0.3 is 10.6 Å². The Morgan fingerprint density at radius 2 is 2.31 bits per heavy atom. The fourth-order valence-electron chi connectivity index (χ4n) is 1.97. The van der Waals surface area contributed by atoms with Crippen molar-refractivity contribution >= 4 is 17.2 Å². The molecule has 3 heteroatoms. The van der Waals surface area contributed by atoms with Gasteiger partial charge in [-0.15, -0.1) is 0 Å². The monoisotopic (exact) mass is 200 g/mol. The third kappa shape index (κ3) is 3.61. The van der Waals surface area contributed by atoms with Gasteiger partial charge in [-0.3, -0.25) is 0 Å². The summed E-state index contributed by atoms with van der Waals surface area (Å²) >= 11 is 5.03. The highest BCUT2D eigenvalue weighted by Crippen LogP contribution is 2.17. The first-order valence-corrected chi connectivity index (χ1v) is 5.52. The van der Waals surface area contributed by atoms with Crippen molar-refractivity contribution in [1.82, 2.24) is 4.90 Å². The Labute approximate surface area is 86.5 Å². The molecule has 0 aromatic rings. The van der Waals surface area contributed by atoms with E-state index in [9.17, 15) is 0 Å². The highest BCUT2D eigenvalue weighted by molar-refractivity contribution is 7.80. The molecule has 0 aliphatic carbocycles. The van der Waals surface area contributed by atoms with Gasteiger partial charge in [0.15, 0.2) is 0 Å². The summed E-state index contributed by atoms with van der Waals surface area (Å²) in [5.74, 6) is 1.20. The normalized spacial score (nSPS) is 25.0. The molecule has 1 fully saturated rings. The van der Waals surface area contributed by atoms with E-state index in [-0.39, 0.29) is 0 Å². The van der Waals surface area contributed by atoms with Crippen molar-refractivity contribution < 1.29 is 0 Å². The second-order valence-electron chi connectivity index (χ2n) is 4.39. The van der Waals surface area contributed by atoms with Crippen LogP contribution in [0.1, 0.15) is 26.7 Å². The molecule has 1 aliphatic rings. The SMILES string of the molecule is CC(C)CN1CCCC(C(N)=S)C1. The van der Waals surface area contributed by atoms with Gasteiger partial charge in [-0.2, -0.15) is 0 Å². The summed E-state index contributed by atoms with van der Waals surface area (Å²) in [7, 11) is 0. The highest BCUT2D eigenvalue weighted by Gasteiger charge is 2.21. The summed E-state index contributed by atoms with van der Waals surface area (Å²) in [5, 5.41) is 0. The molecule has 1 atom stereocenters. The minimum absolute atomic E-state index is 0.461. The first kappa shape index (κ1) is 10.9. The maximum atomic E-state index is 5.66. The maximum absolute atomic E-state index is 5.66. The minimum Gasteiger partial charge on any atom is -0.393 e. The summed E-state index contributed by atoms with van der Waals surface area (Å²) in [4.78, 5) is 3.19. The van der Waals surface area contributed by atoms with Gasteiger partial charge in [0.25, 0.3) is 0 Å². The van der Waals surface area contributed by atoms with Crippen LogP contribution in [0.2, 0.25) is 0 Å². The van der Waals surface area contributed by atoms with Crippen LogP contribution >= 0.6 is 12.2 Å². The zero-order valence-electron chi connectivity index (χ0n) is 8.62. The second kappa shape index (κ2) is 4.91. The molecule has 0 amide bonds. The topological polar surface area (TPSA) is 29.3 Å². The van der Waals surface area contributed by atoms with Crippen molar-refractivity contribution in [2.45, 2.75) is 26.7 Å². The molecule has 1 saturated heterocycles. The molecular formula is C10H20N2S. The Hall–Kier alpha value is -0.150. The molecule has 1 unspecified atom stereocenters. The van der Waals surface area contributed by atoms with E-state index < -0.39 is 0 Å². The number of nitrogens with zero attached hydrogens (tertiary/aromatic N) is 1. The third-order valence-electron chi connectivity index (χ3n) is 2.53. The number of thiocarbonyl (C=S) groups is 1. The maximum Gasteiger partial charge on any atom is 0.0771 e. The lowest BCUT2D eigenvalue weighted by atomic mass is 9.97. The van der Waals surface area contributed by atoms with Crippen LogP contribution in [0, 0.1) is 11.8 Å². The number of likely N-dealkylation sites (tertiary alicyclic amines) is 1. The second-order valence-corrected chi connectivity index (χ2v) is 4.87. The molecule has 0 spiro atoms. The van der Waals surface area contributed by atoms with E-state index in [0.717, 1.165) is 12.5 Å². The Balaban J connectivity index is 2.37. The lowest BCUT2D eigenvalue weighted by Crippen LogP contribution is -2.41. The van der Waals surface area contributed by atoms with Crippen LogP contribution in [-0.2, 0) is 0 Å². The van der Waals surface area contributed by atoms with Crippen molar-refractivity contribution in [1.29, 1.82) is 0 Å². The van der Waals surface area contributed by atoms with Gasteiger partial charge in [-0.05, 0) is 25.3 Å². The van der Waals surface area contributed by atoms with E-state index in [1.165, 1.54) is 25.9 Å². The van der Waals surface area contributed by atoms with Gasteiger partial charge in [0.05, 0.1) is 4.99 Å². The minimum atomic E-state index is 0.461. The van der Waals surface area contributed by atoms with E-state index in [2.05, 4.69) is 18.7 Å². The Morgan fingerprint density at radius 1 is 1.62 bits per heavy atom. The summed E-state index contributed by atoms with van der Waals surface area (Å²) in [6.45, 7) is 7.98. The van der Waals surface area contributed by atoms with Crippen molar-refractivity contribution in [3.63, 3.8) is 0 Å². The highest BCUT2D eigenvalue weighted by atomic mass is 32.1. The van der Waals surface area contributed by atoms with Crippen LogP contribution in [0.5, 0.6) is 0 Å². The third-order valence-corrected chi connectivity index (χ3v) is 2.86.